The summed E-state index contributed by atoms with van der Waals surface area (Å²) in [5, 5.41) is 0. The highest BCUT2D eigenvalue weighted by molar-refractivity contribution is 5.68. The number of amides is 1. The lowest BCUT2D eigenvalue weighted by molar-refractivity contribution is 0.0153. The number of hydrogen-bond donors (Lipinski definition) is 1. The highest BCUT2D eigenvalue weighted by Crippen LogP contribution is 2.65. The van der Waals surface area contributed by atoms with Gasteiger partial charge in [0.2, 0.25) is 0 Å². The molecule has 1 spiro atoms. The van der Waals surface area contributed by atoms with E-state index in [2.05, 4.69) is 35.2 Å². The van der Waals surface area contributed by atoms with Gasteiger partial charge in [-0.3, -0.25) is 4.90 Å². The third-order valence-electron chi connectivity index (χ3n) is 8.88. The number of carbonyl (C=O) groups is 1. The van der Waals surface area contributed by atoms with Crippen molar-refractivity contribution < 1.29 is 9.53 Å². The summed E-state index contributed by atoms with van der Waals surface area (Å²) in [6.07, 6.45) is 9.27. The van der Waals surface area contributed by atoms with E-state index in [1.54, 1.807) is 0 Å². The lowest BCUT2D eigenvalue weighted by Gasteiger charge is -2.51. The van der Waals surface area contributed by atoms with E-state index in [0.29, 0.717) is 5.54 Å². The Bertz CT molecular complexity index is 827. The molecule has 170 valence electrons. The minimum Gasteiger partial charge on any atom is -0.444 e. The molecule has 2 aliphatic heterocycles. The average molecular weight is 426 g/mol. The summed E-state index contributed by atoms with van der Waals surface area (Å²) in [4.78, 5) is 17.3. The van der Waals surface area contributed by atoms with Gasteiger partial charge in [0.05, 0.1) is 5.54 Å². The highest BCUT2D eigenvalue weighted by atomic mass is 16.6. The van der Waals surface area contributed by atoms with Crippen LogP contribution in [0.1, 0.15) is 77.7 Å². The average Bonchev–Trinajstić information content (AvgIpc) is 3.41. The van der Waals surface area contributed by atoms with Crippen LogP contribution in [0.25, 0.3) is 0 Å². The standard InChI is InChI=1S/C26H39N3O2/c1-23(2,3)31-22(30)28-17-14-24(15-18-28,20-8-5-4-6-9-20)16-19-29-21-10-7-11-25(27)12-13-26(21,25)29/h4-6,8-9,21H,7,10-19,27H2,1-3H3. The molecule has 2 N–H and O–H groups in total. The number of benzene rings is 1. The quantitative estimate of drug-likeness (QED) is 0.725. The first-order valence-corrected chi connectivity index (χ1v) is 12.3. The molecule has 0 bridgehead atoms. The predicted molar refractivity (Wildman–Crippen MR) is 123 cm³/mol. The molecule has 5 rings (SSSR count). The zero-order valence-corrected chi connectivity index (χ0v) is 19.5. The summed E-state index contributed by atoms with van der Waals surface area (Å²) in [6.45, 7) is 8.46. The number of likely N-dealkylation sites (tertiary alicyclic amines) is 2. The molecule has 0 radical (unpaired) electrons. The number of carbonyl (C=O) groups excluding carboxylic acids is 1. The van der Waals surface area contributed by atoms with Crippen molar-refractivity contribution >= 4 is 6.09 Å². The number of hydrogen-bond acceptors (Lipinski definition) is 4. The summed E-state index contributed by atoms with van der Waals surface area (Å²) in [6, 6.07) is 11.7. The Kier molecular flexibility index (Phi) is 4.95. The Morgan fingerprint density at radius 1 is 1.10 bits per heavy atom. The number of piperidine rings is 1. The first kappa shape index (κ1) is 21.3. The maximum absolute atomic E-state index is 12.6. The molecule has 2 heterocycles. The first-order chi connectivity index (χ1) is 14.7. The van der Waals surface area contributed by atoms with Crippen molar-refractivity contribution in [3.05, 3.63) is 35.9 Å². The number of nitrogens with two attached hydrogens (primary N) is 1. The Morgan fingerprint density at radius 2 is 1.81 bits per heavy atom. The summed E-state index contributed by atoms with van der Waals surface area (Å²) in [7, 11) is 0. The second kappa shape index (κ2) is 7.21. The molecule has 5 heteroatoms. The zero-order chi connectivity index (χ0) is 21.9. The fourth-order valence-corrected chi connectivity index (χ4v) is 7.04. The van der Waals surface area contributed by atoms with Crippen LogP contribution in [-0.4, -0.2) is 58.2 Å². The predicted octanol–water partition coefficient (Wildman–Crippen LogP) is 4.44. The maximum atomic E-state index is 12.6. The molecule has 2 saturated heterocycles. The van der Waals surface area contributed by atoms with Gasteiger partial charge in [-0.15, -0.1) is 0 Å². The molecular weight excluding hydrogens is 386 g/mol. The van der Waals surface area contributed by atoms with Gasteiger partial charge < -0.3 is 15.4 Å². The van der Waals surface area contributed by atoms with E-state index in [9.17, 15) is 4.79 Å². The van der Waals surface area contributed by atoms with Gasteiger partial charge in [-0.2, -0.15) is 0 Å². The summed E-state index contributed by atoms with van der Waals surface area (Å²) >= 11 is 0. The summed E-state index contributed by atoms with van der Waals surface area (Å²) in [5.41, 5.74) is 8.33. The van der Waals surface area contributed by atoms with Crippen LogP contribution < -0.4 is 5.73 Å². The molecule has 1 aromatic carbocycles. The van der Waals surface area contributed by atoms with Crippen LogP contribution in [0.5, 0.6) is 0 Å². The van der Waals surface area contributed by atoms with Gasteiger partial charge in [-0.1, -0.05) is 30.3 Å². The van der Waals surface area contributed by atoms with Gasteiger partial charge in [-0.25, -0.2) is 4.79 Å². The molecule has 2 aliphatic carbocycles. The smallest absolute Gasteiger partial charge is 0.410 e. The van der Waals surface area contributed by atoms with Crippen molar-refractivity contribution in [1.29, 1.82) is 0 Å². The highest BCUT2D eigenvalue weighted by Gasteiger charge is 2.76. The molecular formula is C26H39N3O2. The van der Waals surface area contributed by atoms with E-state index in [1.165, 1.54) is 37.7 Å². The van der Waals surface area contributed by atoms with Gasteiger partial charge in [0.25, 0.3) is 0 Å². The van der Waals surface area contributed by atoms with Crippen molar-refractivity contribution in [2.45, 2.75) is 100 Å². The van der Waals surface area contributed by atoms with E-state index in [-0.39, 0.29) is 17.0 Å². The molecule has 4 aliphatic rings. The topological polar surface area (TPSA) is 58.6 Å². The van der Waals surface area contributed by atoms with Crippen molar-refractivity contribution in [3.63, 3.8) is 0 Å². The second-order valence-corrected chi connectivity index (χ2v) is 11.5. The van der Waals surface area contributed by atoms with Crippen LogP contribution in [0.4, 0.5) is 4.79 Å². The van der Waals surface area contributed by atoms with Crippen LogP contribution in [0.3, 0.4) is 0 Å². The summed E-state index contributed by atoms with van der Waals surface area (Å²) in [5.74, 6) is 0. The van der Waals surface area contributed by atoms with Crippen molar-refractivity contribution in [1.82, 2.24) is 9.80 Å². The minimum atomic E-state index is -0.447. The van der Waals surface area contributed by atoms with Crippen molar-refractivity contribution in [3.8, 4) is 0 Å². The normalized spacial score (nSPS) is 36.1. The largest absolute Gasteiger partial charge is 0.444 e. The van der Waals surface area contributed by atoms with E-state index >= 15 is 0 Å². The van der Waals surface area contributed by atoms with Crippen LogP contribution in [0, 0.1) is 0 Å². The van der Waals surface area contributed by atoms with E-state index in [0.717, 1.165) is 44.9 Å². The van der Waals surface area contributed by atoms with Gasteiger partial charge in [0, 0.05) is 31.2 Å². The molecule has 2 saturated carbocycles. The van der Waals surface area contributed by atoms with E-state index in [4.69, 9.17) is 10.5 Å². The number of rotatable bonds is 4. The van der Waals surface area contributed by atoms with Gasteiger partial charge in [0.1, 0.15) is 5.60 Å². The Morgan fingerprint density at radius 3 is 2.39 bits per heavy atom. The third-order valence-corrected chi connectivity index (χ3v) is 8.88. The summed E-state index contributed by atoms with van der Waals surface area (Å²) < 4.78 is 5.63. The fourth-order valence-electron chi connectivity index (χ4n) is 7.04. The number of nitrogens with zero attached hydrogens (tertiary/aromatic N) is 2. The molecule has 4 fully saturated rings. The van der Waals surface area contributed by atoms with Gasteiger partial charge >= 0.3 is 6.09 Å². The van der Waals surface area contributed by atoms with E-state index < -0.39 is 5.60 Å². The van der Waals surface area contributed by atoms with Crippen molar-refractivity contribution in [2.24, 2.45) is 5.73 Å². The molecule has 1 aromatic rings. The lowest BCUT2D eigenvalue weighted by atomic mass is 9.59. The Labute approximate surface area is 187 Å². The first-order valence-electron chi connectivity index (χ1n) is 12.3. The van der Waals surface area contributed by atoms with Gasteiger partial charge in [0.15, 0.2) is 0 Å². The molecule has 0 aromatic heterocycles. The Balaban J connectivity index is 1.29. The molecule has 4 atom stereocenters. The fraction of sp³-hybridized carbons (Fsp3) is 0.731. The van der Waals surface area contributed by atoms with Crippen molar-refractivity contribution in [2.75, 3.05) is 19.6 Å². The Hall–Kier alpha value is -1.59. The monoisotopic (exact) mass is 425 g/mol. The third kappa shape index (κ3) is 3.39. The lowest BCUT2D eigenvalue weighted by Crippen LogP contribution is -2.65. The SMILES string of the molecule is CC(C)(C)OC(=O)N1CCC(CCN2C3CCCC4(N)CCC324)(c2ccccc2)CC1. The minimum absolute atomic E-state index is 0.0793. The zero-order valence-electron chi connectivity index (χ0n) is 19.5. The van der Waals surface area contributed by atoms with Crippen LogP contribution in [-0.2, 0) is 10.2 Å². The van der Waals surface area contributed by atoms with Crippen LogP contribution >= 0.6 is 0 Å². The number of ether oxygens (including phenoxy) is 1. The molecule has 31 heavy (non-hydrogen) atoms. The second-order valence-electron chi connectivity index (χ2n) is 11.5. The maximum Gasteiger partial charge on any atom is 0.410 e. The van der Waals surface area contributed by atoms with E-state index in [1.807, 2.05) is 25.7 Å². The molecule has 1 amide bonds. The molecule has 5 nitrogen and oxygen atoms in total. The van der Waals surface area contributed by atoms with Crippen LogP contribution in [0.2, 0.25) is 0 Å². The van der Waals surface area contributed by atoms with Gasteiger partial charge in [-0.05, 0) is 83.1 Å². The molecule has 4 unspecified atom stereocenters. The van der Waals surface area contributed by atoms with Crippen LogP contribution in [0.15, 0.2) is 30.3 Å².